The van der Waals surface area contributed by atoms with Crippen LogP contribution in [0.15, 0.2) is 18.3 Å². The molecular formula is C22H33N5O. The summed E-state index contributed by atoms with van der Waals surface area (Å²) in [6, 6.07) is 4.14. The Morgan fingerprint density at radius 1 is 1.29 bits per heavy atom. The van der Waals surface area contributed by atoms with Gasteiger partial charge in [-0.25, -0.2) is 4.98 Å². The SMILES string of the molecule is Cc1nn(C)c(C)c1CC(C)C(=O)NCc1ccc(N2CCC(C)CC2)nc1. The minimum atomic E-state index is -0.0934. The lowest BCUT2D eigenvalue weighted by molar-refractivity contribution is -0.124. The topological polar surface area (TPSA) is 63.1 Å². The number of amides is 1. The van der Waals surface area contributed by atoms with Crippen LogP contribution in [-0.4, -0.2) is 33.8 Å². The average molecular weight is 384 g/mol. The summed E-state index contributed by atoms with van der Waals surface area (Å²) in [5, 5.41) is 7.49. The first kappa shape index (κ1) is 20.4. The van der Waals surface area contributed by atoms with Crippen LogP contribution in [0.5, 0.6) is 0 Å². The van der Waals surface area contributed by atoms with Crippen molar-refractivity contribution in [1.29, 1.82) is 0 Å². The van der Waals surface area contributed by atoms with Crippen molar-refractivity contribution in [3.05, 3.63) is 40.8 Å². The number of aromatic nitrogens is 3. The molecule has 2 aromatic heterocycles. The second-order valence-electron chi connectivity index (χ2n) is 8.29. The normalized spacial score (nSPS) is 16.2. The van der Waals surface area contributed by atoms with E-state index in [1.165, 1.54) is 18.4 Å². The van der Waals surface area contributed by atoms with Gasteiger partial charge in [-0.2, -0.15) is 5.10 Å². The molecule has 152 valence electrons. The van der Waals surface area contributed by atoms with Gasteiger partial charge in [0.25, 0.3) is 0 Å². The molecule has 1 amide bonds. The number of nitrogens with zero attached hydrogens (tertiary/aromatic N) is 4. The van der Waals surface area contributed by atoms with Crippen LogP contribution in [0.3, 0.4) is 0 Å². The number of piperidine rings is 1. The first-order chi connectivity index (χ1) is 13.3. The van der Waals surface area contributed by atoms with Crippen LogP contribution < -0.4 is 10.2 Å². The average Bonchev–Trinajstić information content (AvgIpc) is 2.93. The number of hydrogen-bond donors (Lipinski definition) is 1. The zero-order valence-corrected chi connectivity index (χ0v) is 17.8. The van der Waals surface area contributed by atoms with Crippen LogP contribution in [0, 0.1) is 25.7 Å². The summed E-state index contributed by atoms with van der Waals surface area (Å²) >= 11 is 0. The molecule has 6 heteroatoms. The molecule has 0 aromatic carbocycles. The van der Waals surface area contributed by atoms with Crippen molar-refractivity contribution in [2.24, 2.45) is 18.9 Å². The summed E-state index contributed by atoms with van der Waals surface area (Å²) in [6.45, 7) is 11.0. The molecule has 28 heavy (non-hydrogen) atoms. The molecule has 0 bridgehead atoms. The van der Waals surface area contributed by atoms with Crippen molar-refractivity contribution in [3.8, 4) is 0 Å². The third kappa shape index (κ3) is 4.72. The molecule has 1 N–H and O–H groups in total. The van der Waals surface area contributed by atoms with Crippen molar-refractivity contribution in [3.63, 3.8) is 0 Å². The van der Waals surface area contributed by atoms with E-state index in [0.29, 0.717) is 13.0 Å². The van der Waals surface area contributed by atoms with Crippen LogP contribution in [0.2, 0.25) is 0 Å². The number of rotatable bonds is 6. The Labute approximate surface area is 168 Å². The molecule has 0 aliphatic carbocycles. The number of carbonyl (C=O) groups is 1. The lowest BCUT2D eigenvalue weighted by atomic mass is 9.99. The predicted octanol–water partition coefficient (Wildman–Crippen LogP) is 3.16. The van der Waals surface area contributed by atoms with E-state index in [2.05, 4.69) is 46.3 Å². The van der Waals surface area contributed by atoms with Gasteiger partial charge >= 0.3 is 0 Å². The number of hydrogen-bond acceptors (Lipinski definition) is 4. The van der Waals surface area contributed by atoms with Crippen LogP contribution in [0.4, 0.5) is 5.82 Å². The molecule has 1 saturated heterocycles. The molecule has 1 fully saturated rings. The fourth-order valence-electron chi connectivity index (χ4n) is 3.82. The number of anilines is 1. The van der Waals surface area contributed by atoms with Gasteiger partial charge in [0.05, 0.1) is 5.69 Å². The van der Waals surface area contributed by atoms with Crippen molar-refractivity contribution in [2.45, 2.75) is 53.5 Å². The molecule has 1 atom stereocenters. The highest BCUT2D eigenvalue weighted by Crippen LogP contribution is 2.21. The van der Waals surface area contributed by atoms with Gasteiger partial charge in [0.1, 0.15) is 5.82 Å². The van der Waals surface area contributed by atoms with E-state index in [1.807, 2.05) is 31.8 Å². The molecule has 0 saturated carbocycles. The Kier molecular flexibility index (Phi) is 6.37. The van der Waals surface area contributed by atoms with E-state index in [0.717, 1.165) is 41.8 Å². The Hall–Kier alpha value is -2.37. The molecule has 1 aliphatic heterocycles. The molecule has 2 aromatic rings. The largest absolute Gasteiger partial charge is 0.357 e. The standard InChI is InChI=1S/C22H33N5O/c1-15-8-10-27(11-9-15)21-7-6-19(13-23-21)14-24-22(28)16(2)12-20-17(3)25-26(5)18(20)4/h6-7,13,15-16H,8-12,14H2,1-5H3,(H,24,28). The summed E-state index contributed by atoms with van der Waals surface area (Å²) in [6.07, 6.45) is 5.05. The summed E-state index contributed by atoms with van der Waals surface area (Å²) in [5.74, 6) is 1.82. The summed E-state index contributed by atoms with van der Waals surface area (Å²) in [7, 11) is 1.94. The van der Waals surface area contributed by atoms with Crippen LogP contribution >= 0.6 is 0 Å². The Morgan fingerprint density at radius 2 is 2.00 bits per heavy atom. The first-order valence-electron chi connectivity index (χ1n) is 10.3. The second kappa shape index (κ2) is 8.76. The first-order valence-corrected chi connectivity index (χ1v) is 10.3. The molecule has 3 heterocycles. The third-order valence-electron chi connectivity index (χ3n) is 6.00. The van der Waals surface area contributed by atoms with E-state index >= 15 is 0 Å². The van der Waals surface area contributed by atoms with Gasteiger partial charge in [-0.3, -0.25) is 9.48 Å². The fourth-order valence-corrected chi connectivity index (χ4v) is 3.82. The number of carbonyl (C=O) groups excluding carboxylic acids is 1. The second-order valence-corrected chi connectivity index (χ2v) is 8.29. The van der Waals surface area contributed by atoms with Gasteiger partial charge in [-0.1, -0.05) is 19.9 Å². The van der Waals surface area contributed by atoms with Gasteiger partial charge in [0.2, 0.25) is 5.91 Å². The predicted molar refractivity (Wildman–Crippen MR) is 112 cm³/mol. The summed E-state index contributed by atoms with van der Waals surface area (Å²) in [4.78, 5) is 19.5. The molecule has 3 rings (SSSR count). The lowest BCUT2D eigenvalue weighted by Gasteiger charge is -2.31. The monoisotopic (exact) mass is 383 g/mol. The maximum absolute atomic E-state index is 12.5. The Balaban J connectivity index is 1.51. The number of nitrogens with one attached hydrogen (secondary N) is 1. The van der Waals surface area contributed by atoms with E-state index in [9.17, 15) is 4.79 Å². The van der Waals surface area contributed by atoms with Gasteiger partial charge in [-0.15, -0.1) is 0 Å². The maximum Gasteiger partial charge on any atom is 0.223 e. The number of aryl methyl sites for hydroxylation is 2. The van der Waals surface area contributed by atoms with Crippen LogP contribution in [0.1, 0.15) is 49.2 Å². The van der Waals surface area contributed by atoms with Crippen LogP contribution in [0.25, 0.3) is 0 Å². The molecular weight excluding hydrogens is 350 g/mol. The quantitative estimate of drug-likeness (QED) is 0.832. The molecule has 6 nitrogen and oxygen atoms in total. The smallest absolute Gasteiger partial charge is 0.223 e. The van der Waals surface area contributed by atoms with Gasteiger partial charge in [-0.05, 0) is 56.2 Å². The zero-order valence-electron chi connectivity index (χ0n) is 17.8. The van der Waals surface area contributed by atoms with E-state index in [1.54, 1.807) is 0 Å². The van der Waals surface area contributed by atoms with Crippen molar-refractivity contribution in [1.82, 2.24) is 20.1 Å². The Bertz CT molecular complexity index is 803. The van der Waals surface area contributed by atoms with Gasteiger partial charge in [0, 0.05) is 44.5 Å². The van der Waals surface area contributed by atoms with Crippen molar-refractivity contribution in [2.75, 3.05) is 18.0 Å². The third-order valence-corrected chi connectivity index (χ3v) is 6.00. The maximum atomic E-state index is 12.5. The van der Waals surface area contributed by atoms with Crippen LogP contribution in [-0.2, 0) is 24.8 Å². The highest BCUT2D eigenvalue weighted by Gasteiger charge is 2.19. The van der Waals surface area contributed by atoms with E-state index < -0.39 is 0 Å². The highest BCUT2D eigenvalue weighted by molar-refractivity contribution is 5.78. The Morgan fingerprint density at radius 3 is 2.57 bits per heavy atom. The number of pyridine rings is 1. The minimum absolute atomic E-state index is 0.0664. The zero-order chi connectivity index (χ0) is 20.3. The lowest BCUT2D eigenvalue weighted by Crippen LogP contribution is -2.33. The van der Waals surface area contributed by atoms with Crippen molar-refractivity contribution >= 4 is 11.7 Å². The van der Waals surface area contributed by atoms with E-state index in [-0.39, 0.29) is 11.8 Å². The molecule has 0 radical (unpaired) electrons. The summed E-state index contributed by atoms with van der Waals surface area (Å²) in [5.41, 5.74) is 4.34. The molecule has 0 spiro atoms. The van der Waals surface area contributed by atoms with E-state index in [4.69, 9.17) is 0 Å². The molecule has 1 unspecified atom stereocenters. The minimum Gasteiger partial charge on any atom is -0.357 e. The molecule has 1 aliphatic rings. The fraction of sp³-hybridized carbons (Fsp3) is 0.591. The van der Waals surface area contributed by atoms with Gasteiger partial charge < -0.3 is 10.2 Å². The van der Waals surface area contributed by atoms with Crippen molar-refractivity contribution < 1.29 is 4.79 Å². The highest BCUT2D eigenvalue weighted by atomic mass is 16.1. The van der Waals surface area contributed by atoms with Gasteiger partial charge in [0.15, 0.2) is 0 Å². The summed E-state index contributed by atoms with van der Waals surface area (Å²) < 4.78 is 1.88.